The molecule has 0 saturated heterocycles. The lowest BCUT2D eigenvalue weighted by atomic mass is 9.85. The molecule has 12 heavy (non-hydrogen) atoms. The molecule has 1 unspecified atom stereocenters. The molecule has 0 heterocycles. The molecule has 0 aliphatic heterocycles. The van der Waals surface area contributed by atoms with Gasteiger partial charge in [0, 0.05) is 0 Å². The average Bonchev–Trinajstić information content (AvgIpc) is 2.03. The van der Waals surface area contributed by atoms with E-state index in [1.165, 1.54) is 13.8 Å². The third-order valence-corrected chi connectivity index (χ3v) is 1.93. The van der Waals surface area contributed by atoms with E-state index in [0.717, 1.165) is 0 Å². The second-order valence-electron chi connectivity index (χ2n) is 3.36. The summed E-state index contributed by atoms with van der Waals surface area (Å²) in [6, 6.07) is 0. The molecular formula is C8H15FO3. The van der Waals surface area contributed by atoms with E-state index in [1.807, 2.05) is 6.92 Å². The first kappa shape index (κ1) is 11.4. The molecule has 0 aromatic carbocycles. The van der Waals surface area contributed by atoms with Gasteiger partial charge in [0.2, 0.25) is 0 Å². The number of halogens is 1. The van der Waals surface area contributed by atoms with E-state index >= 15 is 0 Å². The van der Waals surface area contributed by atoms with Crippen molar-refractivity contribution in [1.29, 1.82) is 0 Å². The molecule has 72 valence electrons. The molecule has 0 aliphatic carbocycles. The molecule has 0 radical (unpaired) electrons. The number of carbonyl (C=O) groups excluding carboxylic acids is 1. The second kappa shape index (κ2) is 4.40. The minimum atomic E-state index is -1.28. The highest BCUT2D eigenvalue weighted by atomic mass is 19.1. The second-order valence-corrected chi connectivity index (χ2v) is 3.36. The fraction of sp³-hybridized carbons (Fsp3) is 0.875. The van der Waals surface area contributed by atoms with Crippen LogP contribution in [-0.4, -0.2) is 17.4 Å². The normalized spacial score (nSPS) is 14.1. The first-order valence-electron chi connectivity index (χ1n) is 3.96. The third-order valence-electron chi connectivity index (χ3n) is 1.93. The minimum Gasteiger partial charge on any atom is -0.300 e. The Labute approximate surface area is 71.5 Å². The first-order valence-corrected chi connectivity index (χ1v) is 3.96. The van der Waals surface area contributed by atoms with Gasteiger partial charge in [0.15, 0.2) is 0 Å². The Bertz CT molecular complexity index is 156. The third kappa shape index (κ3) is 2.44. The van der Waals surface area contributed by atoms with Crippen molar-refractivity contribution in [2.75, 3.05) is 0 Å². The van der Waals surface area contributed by atoms with Gasteiger partial charge in [0.25, 0.3) is 0 Å². The van der Waals surface area contributed by atoms with Crippen molar-refractivity contribution in [3.8, 4) is 0 Å². The molecule has 4 heteroatoms. The van der Waals surface area contributed by atoms with Crippen LogP contribution in [0.4, 0.5) is 4.39 Å². The Kier molecular flexibility index (Phi) is 4.17. The van der Waals surface area contributed by atoms with Crippen LogP contribution in [0.1, 0.15) is 33.6 Å². The molecule has 0 rings (SSSR count). The molecule has 0 bridgehead atoms. The highest BCUT2D eigenvalue weighted by Crippen LogP contribution is 2.28. The van der Waals surface area contributed by atoms with Gasteiger partial charge >= 0.3 is 5.97 Å². The first-order chi connectivity index (χ1) is 5.46. The number of hydrogen-bond acceptors (Lipinski definition) is 3. The summed E-state index contributed by atoms with van der Waals surface area (Å²) in [6.45, 7) is 4.64. The van der Waals surface area contributed by atoms with E-state index < -0.39 is 17.6 Å². The van der Waals surface area contributed by atoms with E-state index in [1.54, 1.807) is 0 Å². The van der Waals surface area contributed by atoms with E-state index in [2.05, 4.69) is 4.89 Å². The van der Waals surface area contributed by atoms with Crippen molar-refractivity contribution < 1.29 is 19.3 Å². The van der Waals surface area contributed by atoms with Crippen molar-refractivity contribution in [3.05, 3.63) is 0 Å². The Morgan fingerprint density at radius 3 is 2.50 bits per heavy atom. The molecule has 0 aromatic rings. The Morgan fingerprint density at radius 1 is 1.67 bits per heavy atom. The Balaban J connectivity index is 4.26. The molecule has 0 saturated carbocycles. The topological polar surface area (TPSA) is 46.5 Å². The van der Waals surface area contributed by atoms with Gasteiger partial charge in [0.1, 0.15) is 6.17 Å². The maximum absolute atomic E-state index is 13.2. The quantitative estimate of drug-likeness (QED) is 0.530. The van der Waals surface area contributed by atoms with Gasteiger partial charge in [-0.15, -0.1) is 0 Å². The number of hydrogen-bond donors (Lipinski definition) is 1. The molecular weight excluding hydrogens is 163 g/mol. The van der Waals surface area contributed by atoms with Gasteiger partial charge in [-0.1, -0.05) is 13.3 Å². The van der Waals surface area contributed by atoms with Crippen LogP contribution in [0.2, 0.25) is 0 Å². The van der Waals surface area contributed by atoms with Crippen LogP contribution < -0.4 is 0 Å². The molecule has 0 amide bonds. The lowest BCUT2D eigenvalue weighted by Gasteiger charge is -2.23. The number of alkyl halides is 1. The van der Waals surface area contributed by atoms with Crippen molar-refractivity contribution in [2.24, 2.45) is 5.41 Å². The van der Waals surface area contributed by atoms with Gasteiger partial charge in [0.05, 0.1) is 5.41 Å². The minimum absolute atomic E-state index is 0.294. The maximum Gasteiger partial charge on any atom is 0.350 e. The fourth-order valence-electron chi connectivity index (χ4n) is 0.860. The van der Waals surface area contributed by atoms with Gasteiger partial charge in [-0.05, 0) is 20.3 Å². The summed E-state index contributed by atoms with van der Waals surface area (Å²) in [5, 5.41) is 8.07. The largest absolute Gasteiger partial charge is 0.350 e. The number of carbonyl (C=O) groups is 1. The van der Waals surface area contributed by atoms with Crippen molar-refractivity contribution >= 4 is 5.97 Å². The summed E-state index contributed by atoms with van der Waals surface area (Å²) in [5.74, 6) is -0.927. The summed E-state index contributed by atoms with van der Waals surface area (Å²) in [6.07, 6.45) is -0.326. The van der Waals surface area contributed by atoms with Crippen molar-refractivity contribution in [3.63, 3.8) is 0 Å². The van der Waals surface area contributed by atoms with Gasteiger partial charge in [-0.3, -0.25) is 0 Å². The predicted molar refractivity (Wildman–Crippen MR) is 42.3 cm³/mol. The molecule has 3 nitrogen and oxygen atoms in total. The van der Waals surface area contributed by atoms with Gasteiger partial charge in [-0.25, -0.2) is 9.18 Å². The van der Waals surface area contributed by atoms with Crippen LogP contribution in [0.5, 0.6) is 0 Å². The molecule has 0 aromatic heterocycles. The average molecular weight is 178 g/mol. The highest BCUT2D eigenvalue weighted by Gasteiger charge is 2.38. The summed E-state index contributed by atoms with van der Waals surface area (Å²) in [5.41, 5.74) is -1.26. The zero-order valence-electron chi connectivity index (χ0n) is 7.63. The molecule has 1 N–H and O–H groups in total. The monoisotopic (exact) mass is 178 g/mol. The zero-order chi connectivity index (χ0) is 9.78. The van der Waals surface area contributed by atoms with Crippen LogP contribution in [-0.2, 0) is 9.68 Å². The molecule has 1 atom stereocenters. The van der Waals surface area contributed by atoms with Crippen LogP contribution in [0.15, 0.2) is 0 Å². The Hall–Kier alpha value is -0.640. The van der Waals surface area contributed by atoms with E-state index in [9.17, 15) is 9.18 Å². The van der Waals surface area contributed by atoms with Gasteiger partial charge in [-0.2, -0.15) is 5.26 Å². The zero-order valence-corrected chi connectivity index (χ0v) is 7.63. The van der Waals surface area contributed by atoms with Crippen LogP contribution >= 0.6 is 0 Å². The van der Waals surface area contributed by atoms with Crippen LogP contribution in [0.3, 0.4) is 0 Å². The van der Waals surface area contributed by atoms with E-state index in [0.29, 0.717) is 12.8 Å². The lowest BCUT2D eigenvalue weighted by molar-refractivity contribution is -0.246. The fourth-order valence-corrected chi connectivity index (χ4v) is 0.860. The van der Waals surface area contributed by atoms with Crippen molar-refractivity contribution in [1.82, 2.24) is 0 Å². The van der Waals surface area contributed by atoms with E-state index in [4.69, 9.17) is 5.26 Å². The van der Waals surface area contributed by atoms with Crippen LogP contribution in [0, 0.1) is 5.41 Å². The molecule has 0 fully saturated rings. The van der Waals surface area contributed by atoms with Gasteiger partial charge < -0.3 is 4.89 Å². The smallest absolute Gasteiger partial charge is 0.300 e. The molecule has 0 spiro atoms. The molecule has 0 aliphatic rings. The SMILES string of the molecule is CCCC(F)C(C)(C)C(=O)OO. The van der Waals surface area contributed by atoms with Crippen molar-refractivity contribution in [2.45, 2.75) is 39.8 Å². The summed E-state index contributed by atoms with van der Waals surface area (Å²) in [4.78, 5) is 14.3. The summed E-state index contributed by atoms with van der Waals surface area (Å²) >= 11 is 0. The van der Waals surface area contributed by atoms with E-state index in [-0.39, 0.29) is 0 Å². The maximum atomic E-state index is 13.2. The predicted octanol–water partition coefficient (Wildman–Crippen LogP) is 2.17. The standard InChI is InChI=1S/C8H15FO3/c1-4-5-6(9)8(2,3)7(10)12-11/h6,11H,4-5H2,1-3H3. The Morgan fingerprint density at radius 2 is 2.17 bits per heavy atom. The number of rotatable bonds is 4. The van der Waals surface area contributed by atoms with Crippen LogP contribution in [0.25, 0.3) is 0 Å². The highest BCUT2D eigenvalue weighted by molar-refractivity contribution is 5.75. The summed E-state index contributed by atoms with van der Waals surface area (Å²) < 4.78 is 13.2. The summed E-state index contributed by atoms with van der Waals surface area (Å²) in [7, 11) is 0. The lowest BCUT2D eigenvalue weighted by Crippen LogP contribution is -2.35.